The van der Waals surface area contributed by atoms with Crippen LogP contribution < -0.4 is 16.3 Å². The molecule has 0 unspecified atom stereocenters. The molecule has 2 nitrogen and oxygen atoms in total. The molecule has 0 saturated heterocycles. The standard InChI is InChI=1S/C6H9N2P/c7-9(8)6-4-2-1-3-5-6/h1-5H,7-8H2. The first-order valence-electron chi connectivity index (χ1n) is 2.65. The Morgan fingerprint density at radius 2 is 1.56 bits per heavy atom. The summed E-state index contributed by atoms with van der Waals surface area (Å²) in [6.45, 7) is 0. The van der Waals surface area contributed by atoms with Crippen molar-refractivity contribution in [2.24, 2.45) is 11.0 Å². The van der Waals surface area contributed by atoms with E-state index in [2.05, 4.69) is 0 Å². The number of hydrogen-bond donors (Lipinski definition) is 2. The quantitative estimate of drug-likeness (QED) is 0.559. The molecule has 9 heavy (non-hydrogen) atoms. The average molecular weight is 140 g/mol. The largest absolute Gasteiger partial charge is 0.294 e. The molecule has 48 valence electrons. The molecule has 3 heteroatoms. The maximum atomic E-state index is 5.46. The second-order valence-electron chi connectivity index (χ2n) is 1.74. The van der Waals surface area contributed by atoms with E-state index in [0.717, 1.165) is 5.30 Å². The van der Waals surface area contributed by atoms with Crippen molar-refractivity contribution in [2.45, 2.75) is 0 Å². The lowest BCUT2D eigenvalue weighted by Gasteiger charge is -2.01. The smallest absolute Gasteiger partial charge is 0.0611 e. The van der Waals surface area contributed by atoms with E-state index in [4.69, 9.17) is 11.0 Å². The molecule has 0 aliphatic heterocycles. The third-order valence-electron chi connectivity index (χ3n) is 1.05. The van der Waals surface area contributed by atoms with Crippen molar-refractivity contribution in [1.82, 2.24) is 0 Å². The summed E-state index contributed by atoms with van der Waals surface area (Å²) in [5.41, 5.74) is 10.9. The Balaban J connectivity index is 2.85. The molecule has 0 aromatic heterocycles. The molecule has 0 heterocycles. The van der Waals surface area contributed by atoms with Crippen LogP contribution in [0.25, 0.3) is 0 Å². The van der Waals surface area contributed by atoms with Crippen molar-refractivity contribution >= 4 is 13.5 Å². The van der Waals surface area contributed by atoms with E-state index >= 15 is 0 Å². The van der Waals surface area contributed by atoms with Gasteiger partial charge in [0.25, 0.3) is 0 Å². The van der Waals surface area contributed by atoms with Crippen molar-refractivity contribution < 1.29 is 0 Å². The van der Waals surface area contributed by atoms with Gasteiger partial charge in [0.15, 0.2) is 0 Å². The molecule has 0 radical (unpaired) electrons. The van der Waals surface area contributed by atoms with E-state index in [1.165, 1.54) is 0 Å². The first-order chi connectivity index (χ1) is 4.30. The highest BCUT2D eigenvalue weighted by atomic mass is 31.1. The van der Waals surface area contributed by atoms with Gasteiger partial charge in [-0.15, -0.1) is 0 Å². The topological polar surface area (TPSA) is 52.0 Å². The van der Waals surface area contributed by atoms with Crippen molar-refractivity contribution in [3.63, 3.8) is 0 Å². The van der Waals surface area contributed by atoms with Crippen LogP contribution in [0.3, 0.4) is 0 Å². The van der Waals surface area contributed by atoms with Crippen LogP contribution >= 0.6 is 8.22 Å². The lowest BCUT2D eigenvalue weighted by atomic mass is 10.4. The Labute approximate surface area is 55.7 Å². The highest BCUT2D eigenvalue weighted by molar-refractivity contribution is 7.60. The molecule has 0 atom stereocenters. The fourth-order valence-electron chi connectivity index (χ4n) is 0.600. The van der Waals surface area contributed by atoms with Crippen LogP contribution in [-0.2, 0) is 0 Å². The summed E-state index contributed by atoms with van der Waals surface area (Å²) in [6, 6.07) is 9.69. The Morgan fingerprint density at radius 3 is 1.89 bits per heavy atom. The van der Waals surface area contributed by atoms with E-state index < -0.39 is 8.22 Å². The summed E-state index contributed by atoms with van der Waals surface area (Å²) in [5.74, 6) is 0. The maximum absolute atomic E-state index is 5.46. The number of nitrogens with two attached hydrogens (primary N) is 2. The van der Waals surface area contributed by atoms with Gasteiger partial charge in [-0.3, -0.25) is 11.0 Å². The highest BCUT2D eigenvalue weighted by Crippen LogP contribution is 2.10. The summed E-state index contributed by atoms with van der Waals surface area (Å²) in [4.78, 5) is 0. The zero-order valence-electron chi connectivity index (χ0n) is 4.99. The van der Waals surface area contributed by atoms with Crippen LogP contribution in [0.15, 0.2) is 30.3 Å². The van der Waals surface area contributed by atoms with E-state index in [1.54, 1.807) is 0 Å². The van der Waals surface area contributed by atoms with Crippen LogP contribution in [0, 0.1) is 0 Å². The minimum absolute atomic E-state index is 0.896. The molecule has 0 aliphatic carbocycles. The van der Waals surface area contributed by atoms with Gasteiger partial charge in [0.05, 0.1) is 8.22 Å². The van der Waals surface area contributed by atoms with Gasteiger partial charge in [0, 0.05) is 5.30 Å². The zero-order valence-corrected chi connectivity index (χ0v) is 5.88. The highest BCUT2D eigenvalue weighted by Gasteiger charge is 1.94. The van der Waals surface area contributed by atoms with Crippen LogP contribution in [0.1, 0.15) is 0 Å². The number of hydrogen-bond acceptors (Lipinski definition) is 2. The summed E-state index contributed by atoms with van der Waals surface area (Å²) < 4.78 is 0. The minimum atomic E-state index is -0.896. The molecule has 4 N–H and O–H groups in total. The molecular weight excluding hydrogens is 131 g/mol. The predicted molar refractivity (Wildman–Crippen MR) is 41.4 cm³/mol. The third kappa shape index (κ3) is 1.75. The molecule has 0 aliphatic rings. The monoisotopic (exact) mass is 140 g/mol. The van der Waals surface area contributed by atoms with Crippen molar-refractivity contribution in [3.8, 4) is 0 Å². The molecule has 0 fully saturated rings. The fourth-order valence-corrected chi connectivity index (χ4v) is 1.12. The molecule has 0 spiro atoms. The van der Waals surface area contributed by atoms with Crippen LogP contribution in [0.2, 0.25) is 0 Å². The first-order valence-corrected chi connectivity index (χ1v) is 4.13. The third-order valence-corrected chi connectivity index (χ3v) is 1.95. The van der Waals surface area contributed by atoms with Gasteiger partial charge < -0.3 is 0 Å². The fraction of sp³-hybridized carbons (Fsp3) is 0. The van der Waals surface area contributed by atoms with Gasteiger partial charge in [-0.2, -0.15) is 0 Å². The van der Waals surface area contributed by atoms with Crippen LogP contribution in [0.4, 0.5) is 0 Å². The molecule has 0 amide bonds. The molecule has 0 saturated carbocycles. The lowest BCUT2D eigenvalue weighted by molar-refractivity contribution is 1.72. The van der Waals surface area contributed by atoms with E-state index in [0.29, 0.717) is 0 Å². The summed E-state index contributed by atoms with van der Waals surface area (Å²) in [5, 5.41) is 1.03. The maximum Gasteiger partial charge on any atom is 0.0611 e. The van der Waals surface area contributed by atoms with Crippen LogP contribution in [0.5, 0.6) is 0 Å². The summed E-state index contributed by atoms with van der Waals surface area (Å²) >= 11 is 0. The van der Waals surface area contributed by atoms with Crippen molar-refractivity contribution in [3.05, 3.63) is 30.3 Å². The average Bonchev–Trinajstić information content (AvgIpc) is 1.90. The normalized spacial score (nSPS) is 10.1. The SMILES string of the molecule is NP(N)c1ccccc1. The number of rotatable bonds is 1. The second kappa shape index (κ2) is 2.92. The van der Waals surface area contributed by atoms with Gasteiger partial charge in [-0.05, 0) is 0 Å². The first kappa shape index (κ1) is 6.69. The minimum Gasteiger partial charge on any atom is -0.294 e. The molecule has 1 rings (SSSR count). The van der Waals surface area contributed by atoms with Gasteiger partial charge in [-0.1, -0.05) is 30.3 Å². The molecule has 1 aromatic carbocycles. The summed E-state index contributed by atoms with van der Waals surface area (Å²) in [7, 11) is -0.896. The molecule has 0 bridgehead atoms. The predicted octanol–water partition coefficient (Wildman–Crippen LogP) is 0.541. The zero-order chi connectivity index (χ0) is 6.69. The van der Waals surface area contributed by atoms with E-state index in [1.807, 2.05) is 30.3 Å². The Morgan fingerprint density at radius 1 is 1.00 bits per heavy atom. The van der Waals surface area contributed by atoms with E-state index in [-0.39, 0.29) is 0 Å². The lowest BCUT2D eigenvalue weighted by Crippen LogP contribution is -2.12. The van der Waals surface area contributed by atoms with Crippen molar-refractivity contribution in [2.75, 3.05) is 0 Å². The van der Waals surface area contributed by atoms with Crippen LogP contribution in [-0.4, -0.2) is 0 Å². The second-order valence-corrected chi connectivity index (χ2v) is 3.07. The van der Waals surface area contributed by atoms with E-state index in [9.17, 15) is 0 Å². The molecule has 1 aromatic rings. The summed E-state index contributed by atoms with van der Waals surface area (Å²) in [6.07, 6.45) is 0. The number of benzene rings is 1. The van der Waals surface area contributed by atoms with Gasteiger partial charge >= 0.3 is 0 Å². The van der Waals surface area contributed by atoms with Gasteiger partial charge in [0.1, 0.15) is 0 Å². The Kier molecular flexibility index (Phi) is 2.17. The van der Waals surface area contributed by atoms with Gasteiger partial charge in [0.2, 0.25) is 0 Å². The van der Waals surface area contributed by atoms with Gasteiger partial charge in [-0.25, -0.2) is 0 Å². The van der Waals surface area contributed by atoms with Crippen molar-refractivity contribution in [1.29, 1.82) is 0 Å². The molecular formula is C6H9N2P. The Hall–Kier alpha value is -0.430. The Bertz CT molecular complexity index is 174.